The molecule has 0 saturated heterocycles. The van der Waals surface area contributed by atoms with Crippen LogP contribution in [-0.2, 0) is 24.0 Å². The van der Waals surface area contributed by atoms with Crippen molar-refractivity contribution in [3.63, 3.8) is 0 Å². The van der Waals surface area contributed by atoms with Gasteiger partial charge in [0.1, 0.15) is 17.2 Å². The summed E-state index contributed by atoms with van der Waals surface area (Å²) in [5, 5.41) is 13.7. The second-order valence-electron chi connectivity index (χ2n) is 13.3. The first kappa shape index (κ1) is 35.4. The van der Waals surface area contributed by atoms with Crippen LogP contribution in [0.15, 0.2) is 60.7 Å². The molecule has 1 saturated carbocycles. The Morgan fingerprint density at radius 2 is 1.32 bits per heavy atom. The molecule has 244 valence electrons. The molecule has 1 fully saturated rings. The number of esters is 1. The minimum atomic E-state index is -5.07. The van der Waals surface area contributed by atoms with E-state index in [2.05, 4.69) is 5.32 Å². The maximum Gasteiger partial charge on any atom is 0.417 e. The molecule has 2 aromatic carbocycles. The standard InChI is InChI=1S/C32H43F3N2O6S/c1-29(2,3)42-27(38)23(37-28(39)43-30(4,5)6)17-19-44(36,41)20-18-31(40,32(33,34)35)26-24(21-13-9-7-10-14-21)25(26)22-15-11-8-12-16-22/h7-16,23-26,36,40H,17-20H2,1-6H3,(H,37,39)/t23-,24-,25+,26?,31?,44?/m0/s1. The fourth-order valence-electron chi connectivity index (χ4n) is 5.38. The van der Waals surface area contributed by atoms with E-state index in [4.69, 9.17) is 14.3 Å². The molecule has 2 aromatic rings. The van der Waals surface area contributed by atoms with E-state index in [1.54, 1.807) is 102 Å². The fraction of sp³-hybridized carbons (Fsp3) is 0.562. The van der Waals surface area contributed by atoms with Crippen LogP contribution in [0.3, 0.4) is 0 Å². The summed E-state index contributed by atoms with van der Waals surface area (Å²) in [6, 6.07) is 15.9. The molecule has 1 aliphatic rings. The Kier molecular flexibility index (Phi) is 10.5. The van der Waals surface area contributed by atoms with E-state index < -0.39 is 86.5 Å². The van der Waals surface area contributed by atoms with E-state index in [0.29, 0.717) is 11.1 Å². The average Bonchev–Trinajstić information content (AvgIpc) is 3.64. The van der Waals surface area contributed by atoms with Crippen LogP contribution in [0, 0.1) is 10.7 Å². The molecule has 8 nitrogen and oxygen atoms in total. The fourth-order valence-corrected chi connectivity index (χ4v) is 6.85. The van der Waals surface area contributed by atoms with Crippen LogP contribution in [-0.4, -0.2) is 61.9 Å². The zero-order chi connectivity index (χ0) is 33.1. The molecule has 1 aliphatic carbocycles. The zero-order valence-electron chi connectivity index (χ0n) is 25.9. The van der Waals surface area contributed by atoms with E-state index in [-0.39, 0.29) is 6.42 Å². The van der Waals surface area contributed by atoms with Gasteiger partial charge in [0, 0.05) is 27.2 Å². The Balaban J connectivity index is 1.81. The maximum atomic E-state index is 14.7. The Labute approximate surface area is 257 Å². The third-order valence-electron chi connectivity index (χ3n) is 7.36. The Bertz CT molecular complexity index is 1340. The van der Waals surface area contributed by atoms with Crippen molar-refractivity contribution in [2.24, 2.45) is 5.92 Å². The molecule has 3 unspecified atom stereocenters. The first-order chi connectivity index (χ1) is 20.1. The SMILES string of the molecule is CC(C)(C)OC(=O)N[C@@H](CCS(=N)(=O)CCC(O)(C1[C@@H](c2ccccc2)[C@H]1c1ccccc1)C(F)(F)F)C(=O)OC(C)(C)C. The van der Waals surface area contributed by atoms with Crippen LogP contribution in [0.5, 0.6) is 0 Å². The van der Waals surface area contributed by atoms with Crippen molar-refractivity contribution < 1.29 is 41.5 Å². The molecule has 3 N–H and O–H groups in total. The number of rotatable bonds is 11. The highest BCUT2D eigenvalue weighted by Gasteiger charge is 2.70. The number of carbonyl (C=O) groups is 2. The first-order valence-corrected chi connectivity index (χ1v) is 16.4. The van der Waals surface area contributed by atoms with E-state index >= 15 is 0 Å². The van der Waals surface area contributed by atoms with Gasteiger partial charge in [0.15, 0.2) is 5.60 Å². The molecular weight excluding hydrogens is 597 g/mol. The minimum Gasteiger partial charge on any atom is -0.458 e. The summed E-state index contributed by atoms with van der Waals surface area (Å²) in [6.07, 6.45) is -7.32. The lowest BCUT2D eigenvalue weighted by Gasteiger charge is -2.32. The first-order valence-electron chi connectivity index (χ1n) is 14.5. The second-order valence-corrected chi connectivity index (χ2v) is 15.8. The summed E-state index contributed by atoms with van der Waals surface area (Å²) in [5.74, 6) is -4.68. The number of benzene rings is 2. The van der Waals surface area contributed by atoms with Crippen molar-refractivity contribution >= 4 is 21.8 Å². The van der Waals surface area contributed by atoms with Gasteiger partial charge in [-0.25, -0.2) is 13.8 Å². The van der Waals surface area contributed by atoms with Gasteiger partial charge in [0.05, 0.1) is 0 Å². The molecule has 6 atom stereocenters. The summed E-state index contributed by atoms with van der Waals surface area (Å²) < 4.78 is 76.3. The number of alkyl carbamates (subject to hydrolysis) is 1. The van der Waals surface area contributed by atoms with Crippen molar-refractivity contribution in [3.05, 3.63) is 71.8 Å². The highest BCUT2D eigenvalue weighted by molar-refractivity contribution is 7.92. The number of alkyl halides is 3. The van der Waals surface area contributed by atoms with Crippen molar-refractivity contribution in [2.45, 2.75) is 95.2 Å². The van der Waals surface area contributed by atoms with E-state index in [1.807, 2.05) is 0 Å². The molecule has 1 amide bonds. The lowest BCUT2D eigenvalue weighted by Crippen LogP contribution is -2.49. The van der Waals surface area contributed by atoms with Gasteiger partial charge in [-0.1, -0.05) is 60.7 Å². The number of hydrogen-bond donors (Lipinski definition) is 3. The molecule has 12 heteroatoms. The normalized spacial score (nSPS) is 22.2. The molecule has 0 bridgehead atoms. The van der Waals surface area contributed by atoms with E-state index in [0.717, 1.165) is 0 Å². The summed E-state index contributed by atoms with van der Waals surface area (Å²) in [6.45, 7) is 9.72. The van der Waals surface area contributed by atoms with Crippen molar-refractivity contribution in [1.82, 2.24) is 5.32 Å². The number of ether oxygens (including phenoxy) is 2. The van der Waals surface area contributed by atoms with Gasteiger partial charge in [0.2, 0.25) is 0 Å². The van der Waals surface area contributed by atoms with Gasteiger partial charge >= 0.3 is 18.2 Å². The van der Waals surface area contributed by atoms with Gasteiger partial charge in [-0.3, -0.25) is 4.78 Å². The van der Waals surface area contributed by atoms with Gasteiger partial charge in [0.25, 0.3) is 0 Å². The predicted molar refractivity (Wildman–Crippen MR) is 162 cm³/mol. The van der Waals surface area contributed by atoms with Gasteiger partial charge in [-0.2, -0.15) is 13.2 Å². The van der Waals surface area contributed by atoms with Gasteiger partial charge < -0.3 is 19.9 Å². The van der Waals surface area contributed by atoms with Crippen LogP contribution in [0.4, 0.5) is 18.0 Å². The molecule has 0 spiro atoms. The average molecular weight is 641 g/mol. The summed E-state index contributed by atoms with van der Waals surface area (Å²) in [5.41, 5.74) is -3.74. The van der Waals surface area contributed by atoms with Crippen LogP contribution in [0.1, 0.15) is 77.3 Å². The molecule has 0 aromatic heterocycles. The molecular formula is C32H43F3N2O6S. The molecule has 3 rings (SSSR count). The maximum absolute atomic E-state index is 14.7. The largest absolute Gasteiger partial charge is 0.458 e. The summed E-state index contributed by atoms with van der Waals surface area (Å²) >= 11 is 0. The molecule has 44 heavy (non-hydrogen) atoms. The van der Waals surface area contributed by atoms with Crippen molar-refractivity contribution in [1.29, 1.82) is 4.78 Å². The number of carbonyl (C=O) groups excluding carboxylic acids is 2. The Morgan fingerprint density at radius 3 is 1.73 bits per heavy atom. The highest BCUT2D eigenvalue weighted by Crippen LogP contribution is 2.68. The molecule has 0 aliphatic heterocycles. The van der Waals surface area contributed by atoms with Crippen LogP contribution in [0.25, 0.3) is 0 Å². The third kappa shape index (κ3) is 9.44. The van der Waals surface area contributed by atoms with Crippen molar-refractivity contribution in [2.75, 3.05) is 11.5 Å². The molecule has 0 heterocycles. The lowest BCUT2D eigenvalue weighted by molar-refractivity contribution is -0.270. The van der Waals surface area contributed by atoms with Gasteiger partial charge in [-0.15, -0.1) is 0 Å². The third-order valence-corrected chi connectivity index (χ3v) is 9.12. The van der Waals surface area contributed by atoms with E-state index in [1.165, 1.54) is 0 Å². The van der Waals surface area contributed by atoms with Gasteiger partial charge in [-0.05, 0) is 77.3 Å². The highest BCUT2D eigenvalue weighted by atomic mass is 32.2. The van der Waals surface area contributed by atoms with E-state index in [9.17, 15) is 32.1 Å². The van der Waals surface area contributed by atoms with Crippen LogP contribution < -0.4 is 5.32 Å². The number of hydrogen-bond acceptors (Lipinski definition) is 7. The Hall–Kier alpha value is -3.12. The number of amides is 1. The zero-order valence-corrected chi connectivity index (χ0v) is 26.8. The number of nitrogens with one attached hydrogen (secondary N) is 2. The summed E-state index contributed by atoms with van der Waals surface area (Å²) in [7, 11) is -3.75. The minimum absolute atomic E-state index is 0.344. The summed E-state index contributed by atoms with van der Waals surface area (Å²) in [4.78, 5) is 25.2. The quantitative estimate of drug-likeness (QED) is 0.240. The number of aliphatic hydroxyl groups is 1. The topological polar surface area (TPSA) is 126 Å². The lowest BCUT2D eigenvalue weighted by atomic mass is 9.89. The van der Waals surface area contributed by atoms with Crippen LogP contribution in [0.2, 0.25) is 0 Å². The predicted octanol–water partition coefficient (Wildman–Crippen LogP) is 6.54. The molecule has 0 radical (unpaired) electrons. The smallest absolute Gasteiger partial charge is 0.417 e. The Morgan fingerprint density at radius 1 is 0.864 bits per heavy atom. The number of halogens is 3. The monoisotopic (exact) mass is 640 g/mol. The van der Waals surface area contributed by atoms with Crippen LogP contribution >= 0.6 is 0 Å². The van der Waals surface area contributed by atoms with Crippen molar-refractivity contribution in [3.8, 4) is 0 Å². The second kappa shape index (κ2) is 13.1.